The van der Waals surface area contributed by atoms with Crippen molar-refractivity contribution in [1.29, 1.82) is 0 Å². The number of halogens is 1. The Hall–Kier alpha value is -3.51. The summed E-state index contributed by atoms with van der Waals surface area (Å²) in [5.74, 6) is 1.74. The number of hydrogen-bond acceptors (Lipinski definition) is 9. The van der Waals surface area contributed by atoms with E-state index in [-0.39, 0.29) is 16.9 Å². The number of hydrogen-bond donors (Lipinski definition) is 1. The van der Waals surface area contributed by atoms with Crippen molar-refractivity contribution >= 4 is 34.7 Å². The van der Waals surface area contributed by atoms with Gasteiger partial charge in [-0.2, -0.15) is 0 Å². The fourth-order valence-corrected chi connectivity index (χ4v) is 4.77. The van der Waals surface area contributed by atoms with Gasteiger partial charge in [0.1, 0.15) is 17.4 Å². The molecule has 2 aromatic carbocycles. The Morgan fingerprint density at radius 1 is 1.15 bits per heavy atom. The Morgan fingerprint density at radius 2 is 1.94 bits per heavy atom. The molecule has 4 aromatic rings. The van der Waals surface area contributed by atoms with Crippen molar-refractivity contribution in [2.75, 3.05) is 11.9 Å². The molecular formula is C21H17FN6O3S2. The van der Waals surface area contributed by atoms with Crippen LogP contribution in [0.25, 0.3) is 0 Å². The number of fused-ring (bicyclic) bond motifs is 1. The number of anilines is 1. The molecule has 12 heteroatoms. The van der Waals surface area contributed by atoms with E-state index >= 15 is 0 Å². The van der Waals surface area contributed by atoms with Crippen LogP contribution in [0.2, 0.25) is 0 Å². The number of rotatable bonds is 6. The van der Waals surface area contributed by atoms with Crippen molar-refractivity contribution in [2.24, 2.45) is 7.05 Å². The third-order valence-electron chi connectivity index (χ3n) is 4.75. The van der Waals surface area contributed by atoms with Crippen LogP contribution in [0.1, 0.15) is 26.7 Å². The highest BCUT2D eigenvalue weighted by molar-refractivity contribution is 7.98. The van der Waals surface area contributed by atoms with E-state index in [9.17, 15) is 9.18 Å². The van der Waals surface area contributed by atoms with E-state index in [1.54, 1.807) is 0 Å². The SMILES string of the molecule is Cn1c(SCc2nnc(C(=O)Nc3ccc(F)cc3)s2)nnc1C1COc2ccccc2O1. The second-order valence-corrected chi connectivity index (χ2v) is 9.02. The quantitative estimate of drug-likeness (QED) is 0.412. The van der Waals surface area contributed by atoms with Crippen LogP contribution in [0.4, 0.5) is 10.1 Å². The minimum atomic E-state index is -0.397. The molecule has 0 fully saturated rings. The highest BCUT2D eigenvalue weighted by Crippen LogP contribution is 2.36. The van der Waals surface area contributed by atoms with Crippen LogP contribution in [-0.2, 0) is 12.8 Å². The molecule has 2 aromatic heterocycles. The maximum absolute atomic E-state index is 13.0. The molecule has 0 bridgehead atoms. The van der Waals surface area contributed by atoms with Crippen LogP contribution in [0.15, 0.2) is 53.7 Å². The minimum Gasteiger partial charge on any atom is -0.485 e. The standard InChI is InChI=1S/C21H17FN6O3S2/c1-28-18(16-10-30-14-4-2-3-5-15(14)31-16)25-27-21(28)32-11-17-24-26-20(33-17)19(29)23-13-8-6-12(22)7-9-13/h2-9,16H,10-11H2,1H3,(H,23,29). The third kappa shape index (κ3) is 4.66. The molecule has 3 heterocycles. The fraction of sp³-hybridized carbons (Fsp3) is 0.190. The number of ether oxygens (including phenoxy) is 2. The molecule has 33 heavy (non-hydrogen) atoms. The summed E-state index contributed by atoms with van der Waals surface area (Å²) in [5.41, 5.74) is 0.482. The third-order valence-corrected chi connectivity index (χ3v) is 6.89. The van der Waals surface area contributed by atoms with E-state index in [0.717, 1.165) is 0 Å². The van der Waals surface area contributed by atoms with Crippen LogP contribution >= 0.6 is 23.1 Å². The van der Waals surface area contributed by atoms with E-state index in [4.69, 9.17) is 9.47 Å². The van der Waals surface area contributed by atoms with Gasteiger partial charge in [0.05, 0.1) is 5.75 Å². The highest BCUT2D eigenvalue weighted by Gasteiger charge is 2.27. The van der Waals surface area contributed by atoms with Gasteiger partial charge in [0, 0.05) is 12.7 Å². The average molecular weight is 485 g/mol. The van der Waals surface area contributed by atoms with Gasteiger partial charge >= 0.3 is 0 Å². The smallest absolute Gasteiger partial charge is 0.286 e. The second kappa shape index (κ2) is 9.16. The topological polar surface area (TPSA) is 104 Å². The lowest BCUT2D eigenvalue weighted by Gasteiger charge is -2.25. The van der Waals surface area contributed by atoms with Crippen LogP contribution < -0.4 is 14.8 Å². The van der Waals surface area contributed by atoms with Crippen LogP contribution in [0.5, 0.6) is 11.5 Å². The predicted octanol–water partition coefficient (Wildman–Crippen LogP) is 3.86. The fourth-order valence-electron chi connectivity index (χ4n) is 3.13. The number of thioether (sulfide) groups is 1. The molecule has 1 aliphatic rings. The number of aromatic nitrogens is 5. The van der Waals surface area contributed by atoms with Gasteiger partial charge in [-0.3, -0.25) is 4.79 Å². The number of nitrogens with one attached hydrogen (secondary N) is 1. The summed E-state index contributed by atoms with van der Waals surface area (Å²) in [5, 5.41) is 20.8. The molecule has 0 saturated heterocycles. The lowest BCUT2D eigenvalue weighted by Crippen LogP contribution is -2.24. The summed E-state index contributed by atoms with van der Waals surface area (Å²) in [7, 11) is 1.86. The largest absolute Gasteiger partial charge is 0.485 e. The van der Waals surface area contributed by atoms with Crippen molar-refractivity contribution in [2.45, 2.75) is 17.0 Å². The zero-order chi connectivity index (χ0) is 22.8. The second-order valence-electron chi connectivity index (χ2n) is 7.01. The molecule has 5 rings (SSSR count). The molecule has 1 N–H and O–H groups in total. The molecule has 0 aliphatic carbocycles. The summed E-state index contributed by atoms with van der Waals surface area (Å²) < 4.78 is 26.7. The highest BCUT2D eigenvalue weighted by atomic mass is 32.2. The zero-order valence-electron chi connectivity index (χ0n) is 17.3. The number of benzene rings is 2. The van der Waals surface area contributed by atoms with Crippen molar-refractivity contribution in [3.63, 3.8) is 0 Å². The molecule has 0 saturated carbocycles. The Balaban J connectivity index is 1.20. The molecule has 0 spiro atoms. The Bertz CT molecular complexity index is 1290. The summed E-state index contributed by atoms with van der Waals surface area (Å²) >= 11 is 2.61. The maximum atomic E-state index is 13.0. The first-order valence-corrected chi connectivity index (χ1v) is 11.7. The molecule has 1 atom stereocenters. The van der Waals surface area contributed by atoms with Gasteiger partial charge in [-0.15, -0.1) is 20.4 Å². The number of nitrogens with zero attached hydrogens (tertiary/aromatic N) is 5. The molecule has 0 radical (unpaired) electrons. The Morgan fingerprint density at radius 3 is 2.76 bits per heavy atom. The van der Waals surface area contributed by atoms with Gasteiger partial charge in [-0.25, -0.2) is 4.39 Å². The molecule has 1 amide bonds. The van der Waals surface area contributed by atoms with Gasteiger partial charge in [0.2, 0.25) is 5.01 Å². The molecule has 9 nitrogen and oxygen atoms in total. The predicted molar refractivity (Wildman–Crippen MR) is 120 cm³/mol. The lowest BCUT2D eigenvalue weighted by atomic mass is 10.2. The van der Waals surface area contributed by atoms with E-state index < -0.39 is 5.91 Å². The normalized spacial score (nSPS) is 14.8. The van der Waals surface area contributed by atoms with Gasteiger partial charge in [0.15, 0.2) is 28.6 Å². The van der Waals surface area contributed by atoms with Crippen molar-refractivity contribution in [1.82, 2.24) is 25.0 Å². The van der Waals surface area contributed by atoms with Crippen molar-refractivity contribution in [3.8, 4) is 11.5 Å². The number of carbonyl (C=O) groups is 1. The first-order chi connectivity index (χ1) is 16.1. The van der Waals surface area contributed by atoms with Gasteiger partial charge in [0.25, 0.3) is 5.91 Å². The van der Waals surface area contributed by atoms with Crippen LogP contribution in [0, 0.1) is 5.82 Å². The molecule has 1 unspecified atom stereocenters. The van der Waals surface area contributed by atoms with Gasteiger partial charge in [-0.05, 0) is 36.4 Å². The van der Waals surface area contributed by atoms with Crippen LogP contribution in [-0.4, -0.2) is 37.5 Å². The van der Waals surface area contributed by atoms with E-state index in [1.807, 2.05) is 35.9 Å². The van der Waals surface area contributed by atoms with Crippen LogP contribution in [0.3, 0.4) is 0 Å². The van der Waals surface area contributed by atoms with E-state index in [0.29, 0.717) is 45.5 Å². The summed E-state index contributed by atoms with van der Waals surface area (Å²) in [6.45, 7) is 0.344. The summed E-state index contributed by atoms with van der Waals surface area (Å²) in [6, 6.07) is 13.0. The molecule has 1 aliphatic heterocycles. The number of para-hydroxylation sites is 2. The first kappa shape index (κ1) is 21.3. The van der Waals surface area contributed by atoms with Gasteiger partial charge < -0.3 is 19.4 Å². The maximum Gasteiger partial charge on any atom is 0.286 e. The number of amides is 1. The minimum absolute atomic E-state index is 0.222. The van der Waals surface area contributed by atoms with E-state index in [2.05, 4.69) is 25.7 Å². The van der Waals surface area contributed by atoms with E-state index in [1.165, 1.54) is 47.4 Å². The first-order valence-electron chi connectivity index (χ1n) is 9.86. The number of carbonyl (C=O) groups excluding carboxylic acids is 1. The Kier molecular flexibility index (Phi) is 5.92. The van der Waals surface area contributed by atoms with Crippen molar-refractivity contribution in [3.05, 3.63) is 70.2 Å². The summed E-state index contributed by atoms with van der Waals surface area (Å²) in [6.07, 6.45) is -0.366. The summed E-state index contributed by atoms with van der Waals surface area (Å²) in [4.78, 5) is 12.4. The zero-order valence-corrected chi connectivity index (χ0v) is 18.9. The lowest BCUT2D eigenvalue weighted by molar-refractivity contribution is 0.0825. The Labute approximate surface area is 196 Å². The average Bonchev–Trinajstić information content (AvgIpc) is 3.45. The molecule has 168 valence electrons. The molecular weight excluding hydrogens is 467 g/mol. The van der Waals surface area contributed by atoms with Gasteiger partial charge in [-0.1, -0.05) is 35.2 Å². The van der Waals surface area contributed by atoms with Crippen molar-refractivity contribution < 1.29 is 18.7 Å². The monoisotopic (exact) mass is 484 g/mol.